The number of hydrogen-bond donors (Lipinski definition) is 0. The Balaban J connectivity index is 2.56. The molecule has 0 aliphatic carbocycles. The van der Waals surface area contributed by atoms with Crippen LogP contribution in [-0.4, -0.2) is 14.2 Å². The molecule has 0 fully saturated rings. The Bertz CT molecular complexity index is 659. The van der Waals surface area contributed by atoms with Crippen LogP contribution >= 0.6 is 43.5 Å². The molecule has 112 valence electrons. The van der Waals surface area contributed by atoms with Gasteiger partial charge >= 0.3 is 0 Å². The largest absolute Gasteiger partial charge is 0.496 e. The van der Waals surface area contributed by atoms with E-state index in [0.29, 0.717) is 0 Å². The summed E-state index contributed by atoms with van der Waals surface area (Å²) in [6, 6.07) is 9.75. The summed E-state index contributed by atoms with van der Waals surface area (Å²) >= 11 is 13.4. The van der Waals surface area contributed by atoms with Crippen molar-refractivity contribution in [3.8, 4) is 11.5 Å². The normalized spacial score (nSPS) is 12.1. The molecule has 1 atom stereocenters. The van der Waals surface area contributed by atoms with Crippen LogP contribution in [0.4, 0.5) is 0 Å². The molecule has 0 aromatic heterocycles. The standard InChI is InChI=1S/C16H15Br2ClO2/c1-9-10(5-4-6-13(9)19)16(18)11-7-15(21-3)12(17)8-14(11)20-2/h4-8,16H,1-3H3. The fourth-order valence-electron chi connectivity index (χ4n) is 2.15. The zero-order valence-electron chi connectivity index (χ0n) is 11.9. The van der Waals surface area contributed by atoms with Crippen LogP contribution in [0.1, 0.15) is 21.5 Å². The van der Waals surface area contributed by atoms with Crippen molar-refractivity contribution in [2.24, 2.45) is 0 Å². The van der Waals surface area contributed by atoms with Crippen LogP contribution < -0.4 is 9.47 Å². The summed E-state index contributed by atoms with van der Waals surface area (Å²) < 4.78 is 11.7. The Labute approximate surface area is 146 Å². The summed E-state index contributed by atoms with van der Waals surface area (Å²) in [6.07, 6.45) is 0. The van der Waals surface area contributed by atoms with E-state index in [4.69, 9.17) is 21.1 Å². The molecular formula is C16H15Br2ClO2. The van der Waals surface area contributed by atoms with Crippen LogP contribution in [0.2, 0.25) is 5.02 Å². The Morgan fingerprint density at radius 1 is 1.05 bits per heavy atom. The molecule has 2 nitrogen and oxygen atoms in total. The number of alkyl halides is 1. The molecular weight excluding hydrogens is 419 g/mol. The molecule has 0 bridgehead atoms. The second kappa shape index (κ2) is 7.03. The molecule has 0 aliphatic heterocycles. The summed E-state index contributed by atoms with van der Waals surface area (Å²) in [5.41, 5.74) is 3.14. The van der Waals surface area contributed by atoms with E-state index in [1.807, 2.05) is 31.2 Å². The van der Waals surface area contributed by atoms with E-state index in [1.54, 1.807) is 14.2 Å². The lowest BCUT2D eigenvalue weighted by Crippen LogP contribution is -2.01. The van der Waals surface area contributed by atoms with Gasteiger partial charge in [0, 0.05) is 10.6 Å². The van der Waals surface area contributed by atoms with E-state index in [-0.39, 0.29) is 4.83 Å². The molecule has 0 saturated carbocycles. The molecule has 0 spiro atoms. The first-order valence-electron chi connectivity index (χ1n) is 6.30. The SMILES string of the molecule is COc1cc(C(Br)c2cccc(Cl)c2C)c(OC)cc1Br. The lowest BCUT2D eigenvalue weighted by molar-refractivity contribution is 0.397. The topological polar surface area (TPSA) is 18.5 Å². The predicted octanol–water partition coefficient (Wildman–Crippen LogP) is 5.91. The van der Waals surface area contributed by atoms with Crippen molar-refractivity contribution in [2.45, 2.75) is 11.8 Å². The van der Waals surface area contributed by atoms with E-state index in [9.17, 15) is 0 Å². The summed E-state index contributed by atoms with van der Waals surface area (Å²) in [5, 5.41) is 0.750. The Morgan fingerprint density at radius 2 is 1.71 bits per heavy atom. The third-order valence-corrected chi connectivity index (χ3v) is 5.38. The first kappa shape index (κ1) is 16.7. The highest BCUT2D eigenvalue weighted by molar-refractivity contribution is 9.10. The Hall–Kier alpha value is -0.710. The highest BCUT2D eigenvalue weighted by Gasteiger charge is 2.20. The maximum absolute atomic E-state index is 6.22. The van der Waals surface area contributed by atoms with Gasteiger partial charge in [0.25, 0.3) is 0 Å². The van der Waals surface area contributed by atoms with Gasteiger partial charge in [-0.2, -0.15) is 0 Å². The molecule has 5 heteroatoms. The Morgan fingerprint density at radius 3 is 2.33 bits per heavy atom. The summed E-state index contributed by atoms with van der Waals surface area (Å²) in [5.74, 6) is 1.54. The highest BCUT2D eigenvalue weighted by atomic mass is 79.9. The first-order valence-corrected chi connectivity index (χ1v) is 8.38. The summed E-state index contributed by atoms with van der Waals surface area (Å²) in [7, 11) is 3.30. The number of ether oxygens (including phenoxy) is 2. The Kier molecular flexibility index (Phi) is 5.58. The van der Waals surface area contributed by atoms with Gasteiger partial charge in [0.1, 0.15) is 11.5 Å². The third-order valence-electron chi connectivity index (χ3n) is 3.36. The zero-order valence-corrected chi connectivity index (χ0v) is 15.8. The van der Waals surface area contributed by atoms with Gasteiger partial charge in [-0.25, -0.2) is 0 Å². The van der Waals surface area contributed by atoms with Crippen LogP contribution in [-0.2, 0) is 0 Å². The van der Waals surface area contributed by atoms with Crippen LogP contribution in [0.15, 0.2) is 34.8 Å². The van der Waals surface area contributed by atoms with Crippen LogP contribution in [0.5, 0.6) is 11.5 Å². The lowest BCUT2D eigenvalue weighted by atomic mass is 9.99. The maximum Gasteiger partial charge on any atom is 0.133 e. The van der Waals surface area contributed by atoms with Crippen LogP contribution in [0, 0.1) is 6.92 Å². The molecule has 2 aromatic carbocycles. The number of halogens is 3. The van der Waals surface area contributed by atoms with Crippen LogP contribution in [0.3, 0.4) is 0 Å². The van der Waals surface area contributed by atoms with Gasteiger partial charge in [0.15, 0.2) is 0 Å². The predicted molar refractivity (Wildman–Crippen MR) is 94.2 cm³/mol. The van der Waals surface area contributed by atoms with Crippen LogP contribution in [0.25, 0.3) is 0 Å². The van der Waals surface area contributed by atoms with E-state index >= 15 is 0 Å². The monoisotopic (exact) mass is 432 g/mol. The smallest absolute Gasteiger partial charge is 0.133 e. The molecule has 0 aliphatic rings. The van der Waals surface area contributed by atoms with Gasteiger partial charge in [0.05, 0.1) is 23.5 Å². The maximum atomic E-state index is 6.22. The average molecular weight is 435 g/mol. The fraction of sp³-hybridized carbons (Fsp3) is 0.250. The molecule has 0 amide bonds. The van der Waals surface area contributed by atoms with E-state index in [2.05, 4.69) is 37.9 Å². The third kappa shape index (κ3) is 3.38. The molecule has 0 radical (unpaired) electrons. The van der Waals surface area contributed by atoms with E-state index in [1.165, 1.54) is 0 Å². The zero-order chi connectivity index (χ0) is 15.6. The molecule has 2 rings (SSSR count). The number of methoxy groups -OCH3 is 2. The van der Waals surface area contributed by atoms with Crippen molar-refractivity contribution in [2.75, 3.05) is 14.2 Å². The lowest BCUT2D eigenvalue weighted by Gasteiger charge is -2.19. The second-order valence-corrected chi connectivity index (χ2v) is 6.72. The van der Waals surface area contributed by atoms with Gasteiger partial charge in [-0.3, -0.25) is 0 Å². The average Bonchev–Trinajstić information content (AvgIpc) is 2.49. The van der Waals surface area contributed by atoms with Crippen molar-refractivity contribution in [1.29, 1.82) is 0 Å². The number of rotatable bonds is 4. The molecule has 0 heterocycles. The van der Waals surface area contributed by atoms with Crippen molar-refractivity contribution < 1.29 is 9.47 Å². The first-order chi connectivity index (χ1) is 9.99. The molecule has 21 heavy (non-hydrogen) atoms. The van der Waals surface area contributed by atoms with E-state index < -0.39 is 0 Å². The number of benzene rings is 2. The van der Waals surface area contributed by atoms with Crippen molar-refractivity contribution >= 4 is 43.5 Å². The van der Waals surface area contributed by atoms with Crippen molar-refractivity contribution in [3.05, 3.63) is 56.5 Å². The number of hydrogen-bond acceptors (Lipinski definition) is 2. The van der Waals surface area contributed by atoms with Gasteiger partial charge in [0.2, 0.25) is 0 Å². The quantitative estimate of drug-likeness (QED) is 0.557. The fourth-order valence-corrected chi connectivity index (χ4v) is 3.67. The van der Waals surface area contributed by atoms with Gasteiger partial charge in [-0.15, -0.1) is 0 Å². The van der Waals surface area contributed by atoms with Crippen molar-refractivity contribution in [3.63, 3.8) is 0 Å². The van der Waals surface area contributed by atoms with E-state index in [0.717, 1.165) is 37.7 Å². The minimum Gasteiger partial charge on any atom is -0.496 e. The minimum absolute atomic E-state index is 0.0341. The van der Waals surface area contributed by atoms with Gasteiger partial charge in [-0.05, 0) is 52.2 Å². The molecule has 2 aromatic rings. The van der Waals surface area contributed by atoms with Crippen molar-refractivity contribution in [1.82, 2.24) is 0 Å². The minimum atomic E-state index is -0.0341. The molecule has 0 saturated heterocycles. The second-order valence-electron chi connectivity index (χ2n) is 4.55. The highest BCUT2D eigenvalue weighted by Crippen LogP contribution is 2.43. The summed E-state index contributed by atoms with van der Waals surface area (Å²) in [4.78, 5) is -0.0341. The molecule has 0 N–H and O–H groups in total. The summed E-state index contributed by atoms with van der Waals surface area (Å²) in [6.45, 7) is 2.01. The molecule has 1 unspecified atom stereocenters. The van der Waals surface area contributed by atoms with Gasteiger partial charge < -0.3 is 9.47 Å². The van der Waals surface area contributed by atoms with Gasteiger partial charge in [-0.1, -0.05) is 39.7 Å².